The van der Waals surface area contributed by atoms with Crippen molar-refractivity contribution in [2.24, 2.45) is 0 Å². The van der Waals surface area contributed by atoms with Gasteiger partial charge in [-0.2, -0.15) is 4.39 Å². The van der Waals surface area contributed by atoms with E-state index < -0.39 is 58.3 Å². The second kappa shape index (κ2) is 7.02. The summed E-state index contributed by atoms with van der Waals surface area (Å²) in [5.74, 6) is -10.1. The van der Waals surface area contributed by atoms with E-state index >= 15 is 0 Å². The molecular weight excluding hydrogens is 374 g/mol. The van der Waals surface area contributed by atoms with E-state index in [4.69, 9.17) is 9.84 Å². The molecular formula is C15H8F6O5. The highest BCUT2D eigenvalue weighted by molar-refractivity contribution is 5.91. The van der Waals surface area contributed by atoms with E-state index in [1.54, 1.807) is 0 Å². The lowest BCUT2D eigenvalue weighted by Gasteiger charge is -2.16. The van der Waals surface area contributed by atoms with Crippen molar-refractivity contribution in [3.8, 4) is 23.0 Å². The summed E-state index contributed by atoms with van der Waals surface area (Å²) in [6.07, 6.45) is -5.18. The first kappa shape index (κ1) is 19.2. The molecule has 0 aliphatic carbocycles. The van der Waals surface area contributed by atoms with Crippen LogP contribution < -0.4 is 14.2 Å². The first-order valence-electron chi connectivity index (χ1n) is 6.56. The molecule has 2 aromatic carbocycles. The molecule has 0 unspecified atom stereocenters. The SMILES string of the molecule is COc1c(Oc2ccc(F)c(F)c2C(=O)O)ccc(OC(F)(F)F)c1F. The number of halogens is 6. The van der Waals surface area contributed by atoms with E-state index in [9.17, 15) is 31.1 Å². The Hall–Kier alpha value is -3.11. The minimum atomic E-state index is -5.18. The number of ether oxygens (including phenoxy) is 3. The molecule has 2 aromatic rings. The molecule has 0 heterocycles. The van der Waals surface area contributed by atoms with Crippen molar-refractivity contribution in [3.63, 3.8) is 0 Å². The minimum Gasteiger partial charge on any atom is -0.490 e. The molecule has 0 bridgehead atoms. The van der Waals surface area contributed by atoms with Gasteiger partial charge in [-0.05, 0) is 24.3 Å². The lowest BCUT2D eigenvalue weighted by Crippen LogP contribution is -2.18. The van der Waals surface area contributed by atoms with Gasteiger partial charge in [0, 0.05) is 0 Å². The van der Waals surface area contributed by atoms with E-state index in [0.29, 0.717) is 12.1 Å². The van der Waals surface area contributed by atoms with Crippen LogP contribution in [0.3, 0.4) is 0 Å². The molecule has 0 amide bonds. The van der Waals surface area contributed by atoms with Crippen molar-refractivity contribution in [1.29, 1.82) is 0 Å². The van der Waals surface area contributed by atoms with Gasteiger partial charge in [-0.1, -0.05) is 0 Å². The Morgan fingerprint density at radius 2 is 1.54 bits per heavy atom. The largest absolute Gasteiger partial charge is 0.573 e. The molecule has 0 spiro atoms. The Labute approximate surface area is 141 Å². The van der Waals surface area contributed by atoms with Gasteiger partial charge in [-0.3, -0.25) is 0 Å². The predicted octanol–water partition coefficient (Wildman–Crippen LogP) is 4.50. The van der Waals surface area contributed by atoms with Crippen molar-refractivity contribution >= 4 is 5.97 Å². The van der Waals surface area contributed by atoms with Gasteiger partial charge in [-0.15, -0.1) is 13.2 Å². The summed E-state index contributed by atoms with van der Waals surface area (Å²) in [5, 5.41) is 8.96. The van der Waals surface area contributed by atoms with Gasteiger partial charge in [0.15, 0.2) is 23.1 Å². The van der Waals surface area contributed by atoms with Crippen LogP contribution in [0.2, 0.25) is 0 Å². The highest BCUT2D eigenvalue weighted by atomic mass is 19.4. The van der Waals surface area contributed by atoms with Gasteiger partial charge < -0.3 is 19.3 Å². The summed E-state index contributed by atoms with van der Waals surface area (Å²) < 4.78 is 90.6. The number of carboxylic acids is 1. The maximum Gasteiger partial charge on any atom is 0.573 e. The quantitative estimate of drug-likeness (QED) is 0.772. The smallest absolute Gasteiger partial charge is 0.490 e. The van der Waals surface area contributed by atoms with Crippen molar-refractivity contribution in [3.05, 3.63) is 47.3 Å². The molecule has 0 atom stereocenters. The third kappa shape index (κ3) is 3.92. The van der Waals surface area contributed by atoms with Crippen LogP contribution in [0.5, 0.6) is 23.0 Å². The van der Waals surface area contributed by atoms with Crippen molar-refractivity contribution < 1.29 is 50.5 Å². The average molecular weight is 382 g/mol. The minimum absolute atomic E-state index is 0.543. The molecule has 0 aliphatic heterocycles. The van der Waals surface area contributed by atoms with E-state index in [1.165, 1.54) is 0 Å². The standard InChI is InChI=1S/C15H8F6O5/c1-24-13-9(5-4-8(12(13)18)26-15(19,20)21)25-7-3-2-6(16)11(17)10(7)14(22)23/h2-5H,1H3,(H,22,23). The van der Waals surface area contributed by atoms with Crippen molar-refractivity contribution in [2.45, 2.75) is 6.36 Å². The monoisotopic (exact) mass is 382 g/mol. The fourth-order valence-corrected chi connectivity index (χ4v) is 1.93. The van der Waals surface area contributed by atoms with Crippen LogP contribution in [0, 0.1) is 17.5 Å². The zero-order chi connectivity index (χ0) is 19.6. The summed E-state index contributed by atoms with van der Waals surface area (Å²) in [7, 11) is 0.895. The number of rotatable bonds is 5. The summed E-state index contributed by atoms with van der Waals surface area (Å²) in [4.78, 5) is 11.1. The lowest BCUT2D eigenvalue weighted by atomic mass is 10.1. The lowest BCUT2D eigenvalue weighted by molar-refractivity contribution is -0.275. The van der Waals surface area contributed by atoms with Gasteiger partial charge >= 0.3 is 12.3 Å². The molecule has 2 rings (SSSR count). The van der Waals surface area contributed by atoms with Gasteiger partial charge in [0.2, 0.25) is 11.6 Å². The van der Waals surface area contributed by atoms with Crippen LogP contribution in [0.25, 0.3) is 0 Å². The van der Waals surface area contributed by atoms with E-state index in [1.807, 2.05) is 0 Å². The fourth-order valence-electron chi connectivity index (χ4n) is 1.93. The van der Waals surface area contributed by atoms with Crippen molar-refractivity contribution in [2.75, 3.05) is 7.11 Å². The topological polar surface area (TPSA) is 65.0 Å². The second-order valence-electron chi connectivity index (χ2n) is 4.60. The first-order chi connectivity index (χ1) is 12.0. The average Bonchev–Trinajstić information content (AvgIpc) is 2.52. The number of carbonyl (C=O) groups is 1. The van der Waals surface area contributed by atoms with Crippen LogP contribution in [0.15, 0.2) is 24.3 Å². The fraction of sp³-hybridized carbons (Fsp3) is 0.133. The molecule has 0 aromatic heterocycles. The van der Waals surface area contributed by atoms with Gasteiger partial charge in [0.05, 0.1) is 7.11 Å². The van der Waals surface area contributed by atoms with E-state index in [-0.39, 0.29) is 0 Å². The number of methoxy groups -OCH3 is 1. The number of hydrogen-bond donors (Lipinski definition) is 1. The van der Waals surface area contributed by atoms with Gasteiger partial charge in [0.25, 0.3) is 0 Å². The van der Waals surface area contributed by atoms with Gasteiger partial charge in [-0.25, -0.2) is 13.6 Å². The number of hydrogen-bond acceptors (Lipinski definition) is 4. The molecule has 0 radical (unpaired) electrons. The van der Waals surface area contributed by atoms with E-state index in [2.05, 4.69) is 9.47 Å². The second-order valence-corrected chi connectivity index (χ2v) is 4.60. The molecule has 0 aliphatic rings. The third-order valence-corrected chi connectivity index (χ3v) is 2.95. The Morgan fingerprint density at radius 3 is 2.08 bits per heavy atom. The Balaban J connectivity index is 2.50. The molecule has 0 fully saturated rings. The highest BCUT2D eigenvalue weighted by Crippen LogP contribution is 2.41. The zero-order valence-corrected chi connectivity index (χ0v) is 12.7. The van der Waals surface area contributed by atoms with Crippen LogP contribution in [0.4, 0.5) is 26.3 Å². The van der Waals surface area contributed by atoms with Crippen molar-refractivity contribution in [1.82, 2.24) is 0 Å². The molecule has 0 saturated heterocycles. The molecule has 0 saturated carbocycles. The molecule has 140 valence electrons. The third-order valence-electron chi connectivity index (χ3n) is 2.95. The molecule has 1 N–H and O–H groups in total. The number of carboxylic acid groups (broad SMARTS) is 1. The summed E-state index contributed by atoms with van der Waals surface area (Å²) in [5.41, 5.74) is -1.19. The predicted molar refractivity (Wildman–Crippen MR) is 73.0 cm³/mol. The zero-order valence-electron chi connectivity index (χ0n) is 12.7. The molecule has 11 heteroatoms. The van der Waals surface area contributed by atoms with Gasteiger partial charge in [0.1, 0.15) is 11.3 Å². The molecule has 5 nitrogen and oxygen atoms in total. The number of benzene rings is 2. The van der Waals surface area contributed by atoms with Crippen LogP contribution in [0.1, 0.15) is 10.4 Å². The van der Waals surface area contributed by atoms with Crippen LogP contribution in [-0.2, 0) is 0 Å². The summed E-state index contributed by atoms with van der Waals surface area (Å²) in [6.45, 7) is 0. The Bertz CT molecular complexity index is 849. The van der Waals surface area contributed by atoms with Crippen LogP contribution in [-0.4, -0.2) is 24.5 Å². The Morgan fingerprint density at radius 1 is 0.962 bits per heavy atom. The normalized spacial score (nSPS) is 11.2. The maximum absolute atomic E-state index is 14.1. The summed E-state index contributed by atoms with van der Waals surface area (Å²) in [6, 6.07) is 2.62. The summed E-state index contributed by atoms with van der Waals surface area (Å²) >= 11 is 0. The van der Waals surface area contributed by atoms with E-state index in [0.717, 1.165) is 19.2 Å². The van der Waals surface area contributed by atoms with Crippen LogP contribution >= 0.6 is 0 Å². The molecule has 26 heavy (non-hydrogen) atoms. The number of aromatic carboxylic acids is 1. The number of alkyl halides is 3. The first-order valence-corrected chi connectivity index (χ1v) is 6.56. The highest BCUT2D eigenvalue weighted by Gasteiger charge is 2.34. The maximum atomic E-state index is 14.1. The Kier molecular flexibility index (Phi) is 5.19.